The maximum absolute atomic E-state index is 12.5. The third-order valence-corrected chi connectivity index (χ3v) is 5.36. The number of amides is 1. The van der Waals surface area contributed by atoms with Gasteiger partial charge in [0, 0.05) is 18.8 Å². The molecule has 20 heavy (non-hydrogen) atoms. The fourth-order valence-corrected chi connectivity index (χ4v) is 3.75. The molecule has 1 atom stereocenters. The molecule has 0 saturated heterocycles. The molecule has 0 heterocycles. The van der Waals surface area contributed by atoms with Crippen LogP contribution in [0.25, 0.3) is 0 Å². The Kier molecular flexibility index (Phi) is 5.96. The van der Waals surface area contributed by atoms with Gasteiger partial charge in [0.05, 0.1) is 5.25 Å². The summed E-state index contributed by atoms with van der Waals surface area (Å²) in [6.45, 7) is 2.04. The molecule has 1 aromatic carbocycles. The van der Waals surface area contributed by atoms with Crippen LogP contribution in [0.3, 0.4) is 0 Å². The van der Waals surface area contributed by atoms with Crippen LogP contribution in [0.5, 0.6) is 0 Å². The second-order valence-electron chi connectivity index (χ2n) is 5.68. The van der Waals surface area contributed by atoms with E-state index in [1.165, 1.54) is 37.7 Å². The molecule has 1 unspecified atom stereocenters. The fraction of sp³-hybridized carbons (Fsp3) is 0.588. The molecule has 0 aliphatic heterocycles. The highest BCUT2D eigenvalue weighted by molar-refractivity contribution is 7.99. The highest BCUT2D eigenvalue weighted by atomic mass is 32.2. The van der Waals surface area contributed by atoms with Crippen molar-refractivity contribution in [2.45, 2.75) is 56.1 Å². The predicted octanol–water partition coefficient (Wildman–Crippen LogP) is 4.10. The minimum atomic E-state index is 0.0436. The molecule has 2 rings (SSSR count). The summed E-state index contributed by atoms with van der Waals surface area (Å²) in [5.41, 5.74) is 1.29. The van der Waals surface area contributed by atoms with Crippen LogP contribution in [-0.2, 0) is 10.5 Å². The minimum Gasteiger partial charge on any atom is -0.342 e. The number of benzene rings is 1. The maximum Gasteiger partial charge on any atom is 0.235 e. The first-order valence-corrected chi connectivity index (χ1v) is 8.65. The van der Waals surface area contributed by atoms with Crippen molar-refractivity contribution in [3.05, 3.63) is 35.9 Å². The summed E-state index contributed by atoms with van der Waals surface area (Å²) in [6, 6.07) is 10.8. The van der Waals surface area contributed by atoms with Crippen LogP contribution in [0.2, 0.25) is 0 Å². The normalized spacial score (nSPS) is 17.7. The van der Waals surface area contributed by atoms with E-state index in [0.717, 1.165) is 5.75 Å². The Hall–Kier alpha value is -0.960. The van der Waals surface area contributed by atoms with E-state index in [2.05, 4.69) is 24.3 Å². The number of rotatable bonds is 5. The monoisotopic (exact) mass is 291 g/mol. The molecule has 1 aliphatic carbocycles. The number of hydrogen-bond donors (Lipinski definition) is 0. The smallest absolute Gasteiger partial charge is 0.235 e. The van der Waals surface area contributed by atoms with Gasteiger partial charge in [-0.2, -0.15) is 0 Å². The molecule has 1 aliphatic rings. The Labute approximate surface area is 126 Å². The van der Waals surface area contributed by atoms with Crippen LogP contribution in [-0.4, -0.2) is 29.1 Å². The van der Waals surface area contributed by atoms with Gasteiger partial charge in [-0.05, 0) is 25.3 Å². The Bertz CT molecular complexity index is 414. The van der Waals surface area contributed by atoms with Gasteiger partial charge >= 0.3 is 0 Å². The predicted molar refractivity (Wildman–Crippen MR) is 86.8 cm³/mol. The Morgan fingerprint density at radius 2 is 1.90 bits per heavy atom. The molecule has 1 saturated carbocycles. The van der Waals surface area contributed by atoms with Crippen LogP contribution in [0, 0.1) is 0 Å². The van der Waals surface area contributed by atoms with Crippen LogP contribution < -0.4 is 0 Å². The van der Waals surface area contributed by atoms with Crippen molar-refractivity contribution < 1.29 is 4.79 Å². The van der Waals surface area contributed by atoms with E-state index in [1.54, 1.807) is 11.8 Å². The molecule has 1 fully saturated rings. The van der Waals surface area contributed by atoms with Crippen molar-refractivity contribution in [2.24, 2.45) is 0 Å². The molecular weight excluding hydrogens is 266 g/mol. The summed E-state index contributed by atoms with van der Waals surface area (Å²) in [6.07, 6.45) is 6.23. The molecule has 1 aromatic rings. The van der Waals surface area contributed by atoms with Gasteiger partial charge in [0.15, 0.2) is 0 Å². The highest BCUT2D eigenvalue weighted by Gasteiger charge is 2.25. The molecule has 3 heteroatoms. The summed E-state index contributed by atoms with van der Waals surface area (Å²) in [5.74, 6) is 1.20. The molecule has 0 spiro atoms. The zero-order chi connectivity index (χ0) is 14.4. The molecule has 0 N–H and O–H groups in total. The van der Waals surface area contributed by atoms with Gasteiger partial charge in [-0.25, -0.2) is 0 Å². The minimum absolute atomic E-state index is 0.0436. The molecular formula is C17H25NOS. The van der Waals surface area contributed by atoms with E-state index in [1.807, 2.05) is 24.9 Å². The average molecular weight is 291 g/mol. The van der Waals surface area contributed by atoms with Crippen LogP contribution in [0.1, 0.15) is 44.6 Å². The zero-order valence-electron chi connectivity index (χ0n) is 12.5. The molecule has 0 radical (unpaired) electrons. The van der Waals surface area contributed by atoms with Crippen LogP contribution in [0.4, 0.5) is 0 Å². The largest absolute Gasteiger partial charge is 0.342 e. The van der Waals surface area contributed by atoms with Gasteiger partial charge < -0.3 is 4.90 Å². The number of thioether (sulfide) groups is 1. The second-order valence-corrected chi connectivity index (χ2v) is 7.01. The van der Waals surface area contributed by atoms with Crippen molar-refractivity contribution in [1.29, 1.82) is 0 Å². The standard InChI is InChI=1S/C17H25NOS/c1-14(20-13-15-9-5-3-6-10-15)17(19)18(2)16-11-7-4-8-12-16/h3,5-6,9-10,14,16H,4,7-8,11-13H2,1-2H3. The topological polar surface area (TPSA) is 20.3 Å². The summed E-state index contributed by atoms with van der Waals surface area (Å²) in [4.78, 5) is 14.5. The lowest BCUT2D eigenvalue weighted by atomic mass is 9.94. The molecule has 0 bridgehead atoms. The Balaban J connectivity index is 1.81. The number of hydrogen-bond acceptors (Lipinski definition) is 2. The first-order chi connectivity index (χ1) is 9.68. The first-order valence-electron chi connectivity index (χ1n) is 7.60. The summed E-state index contributed by atoms with van der Waals surface area (Å²) >= 11 is 1.74. The van der Waals surface area contributed by atoms with Gasteiger partial charge in [-0.3, -0.25) is 4.79 Å². The van der Waals surface area contributed by atoms with Crippen molar-refractivity contribution in [2.75, 3.05) is 7.05 Å². The van der Waals surface area contributed by atoms with Gasteiger partial charge in [0.1, 0.15) is 0 Å². The molecule has 0 aromatic heterocycles. The van der Waals surface area contributed by atoms with Crippen LogP contribution >= 0.6 is 11.8 Å². The van der Waals surface area contributed by atoms with Gasteiger partial charge in [0.25, 0.3) is 0 Å². The van der Waals surface area contributed by atoms with Gasteiger partial charge in [0.2, 0.25) is 5.91 Å². The van der Waals surface area contributed by atoms with Crippen molar-refractivity contribution in [1.82, 2.24) is 4.90 Å². The van der Waals surface area contributed by atoms with E-state index in [4.69, 9.17) is 0 Å². The quantitative estimate of drug-likeness (QED) is 0.814. The highest BCUT2D eigenvalue weighted by Crippen LogP contribution is 2.25. The third kappa shape index (κ3) is 4.27. The lowest BCUT2D eigenvalue weighted by Crippen LogP contribution is -2.42. The van der Waals surface area contributed by atoms with Crippen LogP contribution in [0.15, 0.2) is 30.3 Å². The van der Waals surface area contributed by atoms with E-state index in [-0.39, 0.29) is 11.2 Å². The van der Waals surface area contributed by atoms with Gasteiger partial charge in [-0.15, -0.1) is 11.8 Å². The van der Waals surface area contributed by atoms with E-state index < -0.39 is 0 Å². The zero-order valence-corrected chi connectivity index (χ0v) is 13.4. The number of carbonyl (C=O) groups excluding carboxylic acids is 1. The molecule has 1 amide bonds. The van der Waals surface area contributed by atoms with E-state index in [0.29, 0.717) is 6.04 Å². The number of nitrogens with zero attached hydrogens (tertiary/aromatic N) is 1. The van der Waals surface area contributed by atoms with Crippen molar-refractivity contribution in [3.63, 3.8) is 0 Å². The van der Waals surface area contributed by atoms with Gasteiger partial charge in [-0.1, -0.05) is 49.6 Å². The van der Waals surface area contributed by atoms with Crippen molar-refractivity contribution in [3.8, 4) is 0 Å². The van der Waals surface area contributed by atoms with E-state index >= 15 is 0 Å². The first kappa shape index (κ1) is 15.4. The second kappa shape index (κ2) is 7.72. The Morgan fingerprint density at radius 3 is 2.55 bits per heavy atom. The average Bonchev–Trinajstić information content (AvgIpc) is 2.53. The molecule has 2 nitrogen and oxygen atoms in total. The molecule has 110 valence electrons. The summed E-state index contributed by atoms with van der Waals surface area (Å²) in [5, 5.41) is 0.0436. The maximum atomic E-state index is 12.5. The Morgan fingerprint density at radius 1 is 1.25 bits per heavy atom. The number of carbonyl (C=O) groups is 1. The summed E-state index contributed by atoms with van der Waals surface area (Å²) < 4.78 is 0. The van der Waals surface area contributed by atoms with Crippen molar-refractivity contribution >= 4 is 17.7 Å². The summed E-state index contributed by atoms with van der Waals surface area (Å²) in [7, 11) is 1.98. The third-order valence-electron chi connectivity index (χ3n) is 4.16. The van der Waals surface area contributed by atoms with E-state index in [9.17, 15) is 4.79 Å². The lowest BCUT2D eigenvalue weighted by molar-refractivity contribution is -0.131. The SMILES string of the molecule is CC(SCc1ccccc1)C(=O)N(C)C1CCCCC1. The fourth-order valence-electron chi connectivity index (χ4n) is 2.80. The lowest BCUT2D eigenvalue weighted by Gasteiger charge is -2.32.